The number of rotatable bonds is 3. The Morgan fingerprint density at radius 1 is 1.67 bits per heavy atom. The van der Waals surface area contributed by atoms with E-state index in [0.29, 0.717) is 19.6 Å². The van der Waals surface area contributed by atoms with E-state index in [-0.39, 0.29) is 5.92 Å². The summed E-state index contributed by atoms with van der Waals surface area (Å²) in [6, 6.07) is 0. The van der Waals surface area contributed by atoms with Crippen molar-refractivity contribution in [1.82, 2.24) is 0 Å². The molecule has 1 heterocycles. The summed E-state index contributed by atoms with van der Waals surface area (Å²) in [5, 5.41) is -1.57. The highest BCUT2D eigenvalue weighted by atomic mass is 35.5. The van der Waals surface area contributed by atoms with Crippen molar-refractivity contribution in [2.24, 2.45) is 5.92 Å². The number of hydrogen-bond donors (Lipinski definition) is 0. The Hall–Kier alpha value is -0.220. The van der Waals surface area contributed by atoms with Gasteiger partial charge in [-0.05, 0) is 23.9 Å². The molecule has 0 saturated carbocycles. The van der Waals surface area contributed by atoms with E-state index in [1.165, 1.54) is 0 Å². The summed E-state index contributed by atoms with van der Waals surface area (Å²) < 4.78 is 30.2. The van der Waals surface area contributed by atoms with E-state index in [4.69, 9.17) is 16.3 Å². The van der Waals surface area contributed by atoms with E-state index in [1.54, 1.807) is 0 Å². The Bertz CT molecular complexity index is 178. The zero-order valence-corrected chi connectivity index (χ0v) is 7.11. The summed E-state index contributed by atoms with van der Waals surface area (Å²) in [6.45, 7) is 0.803. The van der Waals surface area contributed by atoms with Crippen molar-refractivity contribution in [3.63, 3.8) is 0 Å². The Morgan fingerprint density at radius 3 is 2.75 bits per heavy atom. The Labute approximate surface area is 73.8 Å². The van der Waals surface area contributed by atoms with E-state index >= 15 is 0 Å². The minimum Gasteiger partial charge on any atom is -0.381 e. The summed E-state index contributed by atoms with van der Waals surface area (Å²) in [6.07, 6.45) is 0.0924. The molecule has 1 aliphatic heterocycles. The number of ether oxygens (including phenoxy) is 1. The fourth-order valence-electron chi connectivity index (χ4n) is 1.19. The highest BCUT2D eigenvalue weighted by Gasteiger charge is 2.40. The molecule has 1 fully saturated rings. The van der Waals surface area contributed by atoms with Crippen LogP contribution in [0.5, 0.6) is 0 Å². The van der Waals surface area contributed by atoms with Crippen molar-refractivity contribution < 1.29 is 18.3 Å². The summed E-state index contributed by atoms with van der Waals surface area (Å²) >= 11 is 4.72. The second-order valence-corrected chi connectivity index (χ2v) is 3.26. The van der Waals surface area contributed by atoms with Gasteiger partial charge in [0.15, 0.2) is 0 Å². The van der Waals surface area contributed by atoms with Crippen molar-refractivity contribution in [2.45, 2.75) is 18.8 Å². The lowest BCUT2D eigenvalue weighted by atomic mass is 10.0. The lowest BCUT2D eigenvalue weighted by molar-refractivity contribution is -0.136. The molecule has 1 aliphatic rings. The van der Waals surface area contributed by atoms with Gasteiger partial charge in [-0.3, -0.25) is 4.79 Å². The van der Waals surface area contributed by atoms with Crippen LogP contribution in [0.25, 0.3) is 0 Å². The summed E-state index contributed by atoms with van der Waals surface area (Å²) in [5.41, 5.74) is 0. The molecule has 5 heteroatoms. The molecule has 0 bridgehead atoms. The largest absolute Gasteiger partial charge is 0.381 e. The Morgan fingerprint density at radius 2 is 2.33 bits per heavy atom. The van der Waals surface area contributed by atoms with Gasteiger partial charge in [-0.2, -0.15) is 8.78 Å². The standard InChI is InChI=1S/C7H9ClF2O2/c8-6(11)7(9,10)3-5-1-2-12-4-5/h5H,1-4H2. The Kier molecular flexibility index (Phi) is 3.01. The highest BCUT2D eigenvalue weighted by molar-refractivity contribution is 6.65. The predicted octanol–water partition coefficient (Wildman–Crippen LogP) is 1.81. The van der Waals surface area contributed by atoms with Gasteiger partial charge in [0.25, 0.3) is 5.24 Å². The van der Waals surface area contributed by atoms with E-state index in [1.807, 2.05) is 0 Å². The van der Waals surface area contributed by atoms with Crippen molar-refractivity contribution in [1.29, 1.82) is 0 Å². The minimum absolute atomic E-state index is 0.234. The predicted molar refractivity (Wildman–Crippen MR) is 39.4 cm³/mol. The monoisotopic (exact) mass is 198 g/mol. The molecule has 1 unspecified atom stereocenters. The van der Waals surface area contributed by atoms with Gasteiger partial charge in [-0.25, -0.2) is 0 Å². The first kappa shape index (κ1) is 9.86. The van der Waals surface area contributed by atoms with E-state index in [0.717, 1.165) is 0 Å². The first-order chi connectivity index (χ1) is 5.52. The maximum atomic E-state index is 12.7. The summed E-state index contributed by atoms with van der Waals surface area (Å²) in [5.74, 6) is -3.62. The lowest BCUT2D eigenvalue weighted by Gasteiger charge is -2.14. The maximum absolute atomic E-state index is 12.7. The van der Waals surface area contributed by atoms with Crippen LogP contribution in [0.1, 0.15) is 12.8 Å². The third-order valence-corrected chi connectivity index (χ3v) is 2.13. The molecule has 0 aromatic heterocycles. The number of carbonyl (C=O) groups is 1. The van der Waals surface area contributed by atoms with Gasteiger partial charge in [0.1, 0.15) is 0 Å². The second-order valence-electron chi connectivity index (χ2n) is 2.91. The highest BCUT2D eigenvalue weighted by Crippen LogP contribution is 2.29. The smallest absolute Gasteiger partial charge is 0.320 e. The van der Waals surface area contributed by atoms with Gasteiger partial charge in [0.05, 0.1) is 0 Å². The normalized spacial score (nSPS) is 24.4. The molecular weight excluding hydrogens is 190 g/mol. The van der Waals surface area contributed by atoms with Crippen LogP contribution in [0, 0.1) is 5.92 Å². The van der Waals surface area contributed by atoms with Gasteiger partial charge in [0, 0.05) is 19.6 Å². The molecule has 0 spiro atoms. The molecule has 0 aromatic rings. The zero-order valence-electron chi connectivity index (χ0n) is 6.36. The quantitative estimate of drug-likeness (QED) is 0.647. The molecule has 0 aliphatic carbocycles. The van der Waals surface area contributed by atoms with Gasteiger partial charge in [-0.1, -0.05) is 0 Å². The molecule has 12 heavy (non-hydrogen) atoms. The topological polar surface area (TPSA) is 26.3 Å². The average Bonchev–Trinajstić information content (AvgIpc) is 2.38. The fraction of sp³-hybridized carbons (Fsp3) is 0.857. The lowest BCUT2D eigenvalue weighted by Crippen LogP contribution is -2.27. The van der Waals surface area contributed by atoms with Crippen LogP contribution in [0.15, 0.2) is 0 Å². The zero-order chi connectivity index (χ0) is 9.19. The summed E-state index contributed by atoms with van der Waals surface area (Å²) in [7, 11) is 0. The van der Waals surface area contributed by atoms with Crippen molar-refractivity contribution >= 4 is 16.8 Å². The molecule has 70 valence electrons. The van der Waals surface area contributed by atoms with Crippen LogP contribution in [-0.2, 0) is 9.53 Å². The Balaban J connectivity index is 2.42. The van der Waals surface area contributed by atoms with Crippen LogP contribution in [0.3, 0.4) is 0 Å². The third-order valence-electron chi connectivity index (χ3n) is 1.86. The molecule has 2 nitrogen and oxygen atoms in total. The van der Waals surface area contributed by atoms with Gasteiger partial charge >= 0.3 is 5.92 Å². The number of halogens is 3. The first-order valence-corrected chi connectivity index (χ1v) is 4.05. The van der Waals surface area contributed by atoms with Crippen molar-refractivity contribution in [2.75, 3.05) is 13.2 Å². The molecular formula is C7H9ClF2O2. The van der Waals surface area contributed by atoms with Crippen molar-refractivity contribution in [3.8, 4) is 0 Å². The fourth-order valence-corrected chi connectivity index (χ4v) is 1.26. The number of alkyl halides is 2. The molecule has 0 aromatic carbocycles. The summed E-state index contributed by atoms with van der Waals surface area (Å²) in [4.78, 5) is 10.2. The van der Waals surface area contributed by atoms with Gasteiger partial charge < -0.3 is 4.74 Å². The van der Waals surface area contributed by atoms with E-state index in [9.17, 15) is 13.6 Å². The van der Waals surface area contributed by atoms with Crippen LogP contribution in [0.2, 0.25) is 0 Å². The van der Waals surface area contributed by atoms with Gasteiger partial charge in [-0.15, -0.1) is 0 Å². The molecule has 0 radical (unpaired) electrons. The van der Waals surface area contributed by atoms with E-state index < -0.39 is 17.6 Å². The second kappa shape index (κ2) is 3.66. The van der Waals surface area contributed by atoms with Crippen molar-refractivity contribution in [3.05, 3.63) is 0 Å². The van der Waals surface area contributed by atoms with Crippen LogP contribution >= 0.6 is 11.6 Å². The van der Waals surface area contributed by atoms with Gasteiger partial charge in [0.2, 0.25) is 0 Å². The SMILES string of the molecule is O=C(Cl)C(F)(F)CC1CCOC1. The maximum Gasteiger partial charge on any atom is 0.320 e. The number of carbonyl (C=O) groups excluding carboxylic acids is 1. The number of hydrogen-bond acceptors (Lipinski definition) is 2. The van der Waals surface area contributed by atoms with Crippen LogP contribution in [0.4, 0.5) is 8.78 Å². The van der Waals surface area contributed by atoms with Crippen LogP contribution in [-0.4, -0.2) is 24.4 Å². The molecule has 1 rings (SSSR count). The average molecular weight is 199 g/mol. The molecule has 1 atom stereocenters. The molecule has 0 amide bonds. The molecule has 0 N–H and O–H groups in total. The van der Waals surface area contributed by atoms with E-state index in [2.05, 4.69) is 0 Å². The first-order valence-electron chi connectivity index (χ1n) is 3.68. The molecule has 1 saturated heterocycles. The third kappa shape index (κ3) is 2.38. The van der Waals surface area contributed by atoms with Crippen LogP contribution < -0.4 is 0 Å². The minimum atomic E-state index is -3.39.